The zero-order chi connectivity index (χ0) is 10.1. The van der Waals surface area contributed by atoms with Gasteiger partial charge in [-0.15, -0.1) is 0 Å². The first-order chi connectivity index (χ1) is 6.65. The first-order valence-corrected chi connectivity index (χ1v) is 5.96. The van der Waals surface area contributed by atoms with E-state index in [-0.39, 0.29) is 5.91 Å². The number of halogens is 2. The van der Waals surface area contributed by atoms with Gasteiger partial charge in [0.15, 0.2) is 0 Å². The first kappa shape index (κ1) is 10.2. The van der Waals surface area contributed by atoms with E-state index in [1.165, 1.54) is 5.56 Å². The van der Waals surface area contributed by atoms with Crippen LogP contribution in [0.1, 0.15) is 17.9 Å². The van der Waals surface area contributed by atoms with E-state index in [1.54, 1.807) is 0 Å². The molecule has 1 amide bonds. The zero-order valence-corrected chi connectivity index (χ0v) is 10.6. The van der Waals surface area contributed by atoms with Crippen LogP contribution in [0, 0.1) is 0 Å². The van der Waals surface area contributed by atoms with Crippen molar-refractivity contribution in [1.82, 2.24) is 5.32 Å². The zero-order valence-electron chi connectivity index (χ0n) is 7.39. The number of amides is 1. The van der Waals surface area contributed by atoms with Crippen molar-refractivity contribution >= 4 is 37.8 Å². The molecule has 2 nitrogen and oxygen atoms in total. The molecule has 1 aromatic carbocycles. The molecule has 0 bridgehead atoms. The summed E-state index contributed by atoms with van der Waals surface area (Å²) < 4.78 is 2.09. The minimum Gasteiger partial charge on any atom is -0.355 e. The van der Waals surface area contributed by atoms with Crippen molar-refractivity contribution in [3.05, 3.63) is 32.7 Å². The van der Waals surface area contributed by atoms with E-state index in [9.17, 15) is 4.79 Å². The Hall–Kier alpha value is -0.350. The van der Waals surface area contributed by atoms with Gasteiger partial charge in [0.2, 0.25) is 5.91 Å². The molecule has 1 aliphatic rings. The summed E-state index contributed by atoms with van der Waals surface area (Å²) in [4.78, 5) is 11.1. The molecular formula is C10H9Br2NO. The van der Waals surface area contributed by atoms with E-state index in [1.807, 2.05) is 6.07 Å². The van der Waals surface area contributed by atoms with Gasteiger partial charge in [-0.1, -0.05) is 31.9 Å². The summed E-state index contributed by atoms with van der Waals surface area (Å²) in [6, 6.07) is 6.12. The van der Waals surface area contributed by atoms with Gasteiger partial charge in [-0.05, 0) is 23.8 Å². The molecule has 1 heterocycles. The maximum atomic E-state index is 11.1. The van der Waals surface area contributed by atoms with Gasteiger partial charge in [-0.25, -0.2) is 0 Å². The molecule has 0 aromatic heterocycles. The lowest BCUT2D eigenvalue weighted by Crippen LogP contribution is -2.13. The molecule has 1 fully saturated rings. The lowest BCUT2D eigenvalue weighted by Gasteiger charge is -2.08. The molecular weight excluding hydrogens is 310 g/mol. The molecule has 74 valence electrons. The number of nitrogens with one attached hydrogen (secondary N) is 1. The Balaban J connectivity index is 2.27. The topological polar surface area (TPSA) is 29.1 Å². The molecule has 0 spiro atoms. The maximum Gasteiger partial charge on any atom is 0.220 e. The van der Waals surface area contributed by atoms with Crippen molar-refractivity contribution in [3.63, 3.8) is 0 Å². The minimum atomic E-state index is 0.145. The Morgan fingerprint density at radius 3 is 2.36 bits per heavy atom. The Labute approximate surface area is 99.3 Å². The summed E-state index contributed by atoms with van der Waals surface area (Å²) in [6.45, 7) is 0.752. The van der Waals surface area contributed by atoms with Crippen LogP contribution in [0.2, 0.25) is 0 Å². The fourth-order valence-corrected chi connectivity index (χ4v) is 2.98. The summed E-state index contributed by atoms with van der Waals surface area (Å²) in [5.74, 6) is 0.461. The monoisotopic (exact) mass is 317 g/mol. The van der Waals surface area contributed by atoms with Crippen LogP contribution in [-0.4, -0.2) is 12.5 Å². The van der Waals surface area contributed by atoms with Crippen molar-refractivity contribution in [3.8, 4) is 0 Å². The average molecular weight is 319 g/mol. The van der Waals surface area contributed by atoms with E-state index < -0.39 is 0 Å². The molecule has 1 N–H and O–H groups in total. The van der Waals surface area contributed by atoms with E-state index in [0.717, 1.165) is 15.5 Å². The van der Waals surface area contributed by atoms with E-state index in [2.05, 4.69) is 49.3 Å². The second kappa shape index (κ2) is 4.03. The van der Waals surface area contributed by atoms with Crippen LogP contribution in [-0.2, 0) is 4.79 Å². The third-order valence-electron chi connectivity index (χ3n) is 2.33. The van der Waals surface area contributed by atoms with Crippen LogP contribution in [0.4, 0.5) is 0 Å². The average Bonchev–Trinajstić information content (AvgIpc) is 2.50. The summed E-state index contributed by atoms with van der Waals surface area (Å²) >= 11 is 6.88. The highest BCUT2D eigenvalue weighted by molar-refractivity contribution is 9.11. The lowest BCUT2D eigenvalue weighted by molar-refractivity contribution is -0.119. The van der Waals surface area contributed by atoms with E-state index >= 15 is 0 Å². The van der Waals surface area contributed by atoms with Gasteiger partial charge in [-0.3, -0.25) is 4.79 Å². The van der Waals surface area contributed by atoms with Crippen molar-refractivity contribution in [2.75, 3.05) is 6.54 Å². The van der Waals surface area contributed by atoms with Crippen molar-refractivity contribution in [2.24, 2.45) is 0 Å². The van der Waals surface area contributed by atoms with Crippen LogP contribution in [0.5, 0.6) is 0 Å². The SMILES string of the molecule is O=C1CC(c2cc(Br)cc(Br)c2)CN1. The highest BCUT2D eigenvalue weighted by Crippen LogP contribution is 2.28. The molecule has 1 saturated heterocycles. The molecule has 1 aromatic rings. The Morgan fingerprint density at radius 2 is 1.86 bits per heavy atom. The molecule has 1 aliphatic heterocycles. The molecule has 4 heteroatoms. The lowest BCUT2D eigenvalue weighted by atomic mass is 9.99. The number of hydrogen-bond donors (Lipinski definition) is 1. The van der Waals surface area contributed by atoms with Crippen LogP contribution in [0.25, 0.3) is 0 Å². The Morgan fingerprint density at radius 1 is 1.21 bits per heavy atom. The molecule has 0 radical (unpaired) electrons. The fourth-order valence-electron chi connectivity index (χ4n) is 1.65. The maximum absolute atomic E-state index is 11.1. The van der Waals surface area contributed by atoms with Gasteiger partial charge in [-0.2, -0.15) is 0 Å². The summed E-state index contributed by atoms with van der Waals surface area (Å²) in [6.07, 6.45) is 0.600. The fraction of sp³-hybridized carbons (Fsp3) is 0.300. The van der Waals surface area contributed by atoms with Gasteiger partial charge in [0, 0.05) is 27.8 Å². The second-order valence-corrected chi connectivity index (χ2v) is 5.24. The number of hydrogen-bond acceptors (Lipinski definition) is 1. The molecule has 1 atom stereocenters. The van der Waals surface area contributed by atoms with Gasteiger partial charge >= 0.3 is 0 Å². The minimum absolute atomic E-state index is 0.145. The van der Waals surface area contributed by atoms with Crippen LogP contribution < -0.4 is 5.32 Å². The molecule has 0 saturated carbocycles. The second-order valence-electron chi connectivity index (χ2n) is 3.41. The summed E-state index contributed by atoms with van der Waals surface area (Å²) in [5.41, 5.74) is 1.20. The van der Waals surface area contributed by atoms with Crippen LogP contribution in [0.3, 0.4) is 0 Å². The van der Waals surface area contributed by atoms with E-state index in [4.69, 9.17) is 0 Å². The van der Waals surface area contributed by atoms with Crippen molar-refractivity contribution < 1.29 is 4.79 Å². The molecule has 0 aliphatic carbocycles. The summed E-state index contributed by atoms with van der Waals surface area (Å²) in [7, 11) is 0. The van der Waals surface area contributed by atoms with Gasteiger partial charge in [0.25, 0.3) is 0 Å². The van der Waals surface area contributed by atoms with Gasteiger partial charge in [0.1, 0.15) is 0 Å². The van der Waals surface area contributed by atoms with E-state index in [0.29, 0.717) is 12.3 Å². The Kier molecular flexibility index (Phi) is 2.93. The molecule has 2 rings (SSSR count). The van der Waals surface area contributed by atoms with Crippen molar-refractivity contribution in [2.45, 2.75) is 12.3 Å². The highest BCUT2D eigenvalue weighted by atomic mass is 79.9. The normalized spacial score (nSPS) is 21.0. The molecule has 14 heavy (non-hydrogen) atoms. The number of benzene rings is 1. The summed E-state index contributed by atoms with van der Waals surface area (Å²) in [5, 5.41) is 2.84. The third-order valence-corrected chi connectivity index (χ3v) is 3.25. The van der Waals surface area contributed by atoms with Crippen LogP contribution in [0.15, 0.2) is 27.1 Å². The van der Waals surface area contributed by atoms with Crippen LogP contribution >= 0.6 is 31.9 Å². The predicted octanol–water partition coefficient (Wildman–Crippen LogP) is 2.82. The predicted molar refractivity (Wildman–Crippen MR) is 62.2 cm³/mol. The smallest absolute Gasteiger partial charge is 0.220 e. The standard InChI is InChI=1S/C10H9Br2NO/c11-8-1-6(2-9(12)4-8)7-3-10(14)13-5-7/h1-2,4,7H,3,5H2,(H,13,14). The number of carbonyl (C=O) groups is 1. The molecule has 1 unspecified atom stereocenters. The van der Waals surface area contributed by atoms with Crippen molar-refractivity contribution in [1.29, 1.82) is 0 Å². The quantitative estimate of drug-likeness (QED) is 0.847. The highest BCUT2D eigenvalue weighted by Gasteiger charge is 2.23. The Bertz CT molecular complexity index is 358. The van der Waals surface area contributed by atoms with Gasteiger partial charge < -0.3 is 5.32 Å². The number of carbonyl (C=O) groups excluding carboxylic acids is 1. The number of rotatable bonds is 1. The van der Waals surface area contributed by atoms with Gasteiger partial charge in [0.05, 0.1) is 0 Å². The largest absolute Gasteiger partial charge is 0.355 e. The third kappa shape index (κ3) is 2.17. The first-order valence-electron chi connectivity index (χ1n) is 4.38.